The molecule has 2 aromatic rings. The van der Waals surface area contributed by atoms with Gasteiger partial charge in [0.05, 0.1) is 6.33 Å². The molecule has 5 heteroatoms. The fraction of sp³-hybridized carbons (Fsp3) is 0.286. The van der Waals surface area contributed by atoms with Gasteiger partial charge in [0.2, 0.25) is 5.91 Å². The molecule has 19 heavy (non-hydrogen) atoms. The number of carbonyl (C=O) groups excluding carboxylic acids is 1. The van der Waals surface area contributed by atoms with E-state index < -0.39 is 0 Å². The summed E-state index contributed by atoms with van der Waals surface area (Å²) >= 11 is 0. The Hall–Kier alpha value is -2.30. The molecule has 2 N–H and O–H groups in total. The molecule has 0 aliphatic heterocycles. The van der Waals surface area contributed by atoms with Crippen molar-refractivity contribution in [1.29, 1.82) is 0 Å². The van der Waals surface area contributed by atoms with E-state index >= 15 is 0 Å². The van der Waals surface area contributed by atoms with Crippen LogP contribution in [0.2, 0.25) is 0 Å². The number of anilines is 2. The number of aryl methyl sites for hydroxylation is 1. The summed E-state index contributed by atoms with van der Waals surface area (Å²) in [4.78, 5) is 20.7. The summed E-state index contributed by atoms with van der Waals surface area (Å²) in [5.41, 5.74) is 2.90. The van der Waals surface area contributed by atoms with Crippen molar-refractivity contribution < 1.29 is 4.79 Å². The van der Waals surface area contributed by atoms with Crippen LogP contribution in [-0.2, 0) is 11.2 Å². The van der Waals surface area contributed by atoms with E-state index in [4.69, 9.17) is 0 Å². The standard InChI is InChI=1S/C14H18N4O/c1-18(2)13-6-3-11(4-7-13)17-14(19)8-5-12-9-15-10-16-12/h3-4,6-7,9-10H,5,8H2,1-2H3,(H,15,16)(H,17,19). The van der Waals surface area contributed by atoms with Crippen molar-refractivity contribution in [3.8, 4) is 0 Å². The molecule has 100 valence electrons. The summed E-state index contributed by atoms with van der Waals surface area (Å²) in [6.45, 7) is 0. The third kappa shape index (κ3) is 3.84. The number of nitrogens with zero attached hydrogens (tertiary/aromatic N) is 2. The number of amides is 1. The second kappa shape index (κ2) is 6.04. The lowest BCUT2D eigenvalue weighted by Crippen LogP contribution is -2.13. The van der Waals surface area contributed by atoms with Gasteiger partial charge in [0.15, 0.2) is 0 Å². The fourth-order valence-electron chi connectivity index (χ4n) is 1.74. The molecule has 5 nitrogen and oxygen atoms in total. The molecule has 1 heterocycles. The van der Waals surface area contributed by atoms with Crippen LogP contribution in [0, 0.1) is 0 Å². The molecule has 2 rings (SSSR count). The monoisotopic (exact) mass is 258 g/mol. The van der Waals surface area contributed by atoms with Crippen molar-refractivity contribution in [3.63, 3.8) is 0 Å². The molecule has 0 saturated carbocycles. The number of carbonyl (C=O) groups is 1. The van der Waals surface area contributed by atoms with Crippen molar-refractivity contribution in [2.24, 2.45) is 0 Å². The molecule has 1 aromatic heterocycles. The predicted octanol–water partition coefficient (Wildman–Crippen LogP) is 2.05. The van der Waals surface area contributed by atoms with Crippen LogP contribution in [0.25, 0.3) is 0 Å². The van der Waals surface area contributed by atoms with Gasteiger partial charge in [0.25, 0.3) is 0 Å². The Morgan fingerprint density at radius 1 is 1.32 bits per heavy atom. The number of nitrogens with one attached hydrogen (secondary N) is 2. The minimum atomic E-state index is 0.00667. The Morgan fingerprint density at radius 2 is 2.05 bits per heavy atom. The lowest BCUT2D eigenvalue weighted by Gasteiger charge is -2.13. The SMILES string of the molecule is CN(C)c1ccc(NC(=O)CCc2cnc[nH]2)cc1. The molecule has 0 saturated heterocycles. The minimum absolute atomic E-state index is 0.00667. The van der Waals surface area contributed by atoms with Gasteiger partial charge in [-0.25, -0.2) is 4.98 Å². The molecule has 0 spiro atoms. The van der Waals surface area contributed by atoms with Gasteiger partial charge in [-0.15, -0.1) is 0 Å². The summed E-state index contributed by atoms with van der Waals surface area (Å²) in [5, 5.41) is 2.88. The van der Waals surface area contributed by atoms with Gasteiger partial charge in [0, 0.05) is 43.8 Å². The van der Waals surface area contributed by atoms with E-state index in [1.165, 1.54) is 0 Å². The van der Waals surface area contributed by atoms with E-state index in [1.54, 1.807) is 12.5 Å². The van der Waals surface area contributed by atoms with Crippen molar-refractivity contribution in [2.45, 2.75) is 12.8 Å². The third-order valence-electron chi connectivity index (χ3n) is 2.84. The molecule has 0 fully saturated rings. The average molecular weight is 258 g/mol. The second-order valence-electron chi connectivity index (χ2n) is 4.57. The van der Waals surface area contributed by atoms with Gasteiger partial charge in [0.1, 0.15) is 0 Å². The number of aromatic nitrogens is 2. The topological polar surface area (TPSA) is 61.0 Å². The Labute approximate surface area is 112 Å². The third-order valence-corrected chi connectivity index (χ3v) is 2.84. The number of aromatic amines is 1. The summed E-state index contributed by atoms with van der Waals surface area (Å²) in [7, 11) is 3.97. The van der Waals surface area contributed by atoms with Crippen molar-refractivity contribution in [1.82, 2.24) is 9.97 Å². The lowest BCUT2D eigenvalue weighted by molar-refractivity contribution is -0.116. The molecule has 0 aliphatic carbocycles. The van der Waals surface area contributed by atoms with E-state index in [9.17, 15) is 4.79 Å². The Kier molecular flexibility index (Phi) is 4.18. The van der Waals surface area contributed by atoms with Crippen molar-refractivity contribution >= 4 is 17.3 Å². The number of hydrogen-bond acceptors (Lipinski definition) is 3. The molecule has 0 aliphatic rings. The largest absolute Gasteiger partial charge is 0.378 e. The second-order valence-corrected chi connectivity index (χ2v) is 4.57. The zero-order chi connectivity index (χ0) is 13.7. The van der Waals surface area contributed by atoms with Gasteiger partial charge in [-0.3, -0.25) is 4.79 Å². The van der Waals surface area contributed by atoms with E-state index in [2.05, 4.69) is 15.3 Å². The summed E-state index contributed by atoms with van der Waals surface area (Å²) < 4.78 is 0. The number of hydrogen-bond donors (Lipinski definition) is 2. The summed E-state index contributed by atoms with van der Waals surface area (Å²) in [6, 6.07) is 7.77. The Bertz CT molecular complexity index is 517. The zero-order valence-corrected chi connectivity index (χ0v) is 11.2. The van der Waals surface area contributed by atoms with E-state index in [0.29, 0.717) is 12.8 Å². The quantitative estimate of drug-likeness (QED) is 0.862. The van der Waals surface area contributed by atoms with E-state index in [1.807, 2.05) is 43.3 Å². The van der Waals surface area contributed by atoms with E-state index in [-0.39, 0.29) is 5.91 Å². The van der Waals surface area contributed by atoms with Gasteiger partial charge in [-0.2, -0.15) is 0 Å². The van der Waals surface area contributed by atoms with Gasteiger partial charge >= 0.3 is 0 Å². The molecular weight excluding hydrogens is 240 g/mol. The van der Waals surface area contributed by atoms with Crippen LogP contribution in [0.15, 0.2) is 36.8 Å². The average Bonchev–Trinajstić information content (AvgIpc) is 2.90. The van der Waals surface area contributed by atoms with Crippen molar-refractivity contribution in [3.05, 3.63) is 42.5 Å². The number of benzene rings is 1. The Balaban J connectivity index is 1.84. The van der Waals surface area contributed by atoms with E-state index in [0.717, 1.165) is 17.1 Å². The fourth-order valence-corrected chi connectivity index (χ4v) is 1.74. The Morgan fingerprint density at radius 3 is 2.63 bits per heavy atom. The van der Waals surface area contributed by atoms with Crippen LogP contribution in [0.5, 0.6) is 0 Å². The highest BCUT2D eigenvalue weighted by Gasteiger charge is 2.04. The number of H-pyrrole nitrogens is 1. The van der Waals surface area contributed by atoms with Crippen LogP contribution in [0.3, 0.4) is 0 Å². The predicted molar refractivity (Wildman–Crippen MR) is 76.3 cm³/mol. The molecule has 1 aromatic carbocycles. The first-order valence-electron chi connectivity index (χ1n) is 6.19. The molecule has 1 amide bonds. The van der Waals surface area contributed by atoms with Gasteiger partial charge in [-0.1, -0.05) is 0 Å². The smallest absolute Gasteiger partial charge is 0.224 e. The molecule has 0 bridgehead atoms. The van der Waals surface area contributed by atoms with Gasteiger partial charge in [-0.05, 0) is 30.7 Å². The summed E-state index contributed by atoms with van der Waals surface area (Å²) in [5.74, 6) is 0.00667. The molecule has 0 unspecified atom stereocenters. The van der Waals surface area contributed by atoms with Crippen LogP contribution >= 0.6 is 0 Å². The minimum Gasteiger partial charge on any atom is -0.378 e. The van der Waals surface area contributed by atoms with Crippen LogP contribution in [0.1, 0.15) is 12.1 Å². The lowest BCUT2D eigenvalue weighted by atomic mass is 10.2. The molecule has 0 radical (unpaired) electrons. The summed E-state index contributed by atoms with van der Waals surface area (Å²) in [6.07, 6.45) is 4.46. The van der Waals surface area contributed by atoms with Crippen molar-refractivity contribution in [2.75, 3.05) is 24.3 Å². The maximum atomic E-state index is 11.8. The maximum absolute atomic E-state index is 11.8. The first kappa shape index (κ1) is 13.1. The van der Waals surface area contributed by atoms with Gasteiger partial charge < -0.3 is 15.2 Å². The highest BCUT2D eigenvalue weighted by Crippen LogP contribution is 2.15. The maximum Gasteiger partial charge on any atom is 0.224 e. The number of imidazole rings is 1. The zero-order valence-electron chi connectivity index (χ0n) is 11.2. The highest BCUT2D eigenvalue weighted by atomic mass is 16.1. The van der Waals surface area contributed by atoms with Crippen LogP contribution in [0.4, 0.5) is 11.4 Å². The molecule has 0 atom stereocenters. The van der Waals surface area contributed by atoms with Crippen LogP contribution < -0.4 is 10.2 Å². The number of rotatable bonds is 5. The van der Waals surface area contributed by atoms with Crippen LogP contribution in [-0.4, -0.2) is 30.0 Å². The highest BCUT2D eigenvalue weighted by molar-refractivity contribution is 5.90. The normalized spacial score (nSPS) is 10.2. The first-order chi connectivity index (χ1) is 9.15. The molecular formula is C14H18N4O. The first-order valence-corrected chi connectivity index (χ1v) is 6.19.